The van der Waals surface area contributed by atoms with E-state index in [0.29, 0.717) is 18.5 Å². The lowest BCUT2D eigenvalue weighted by Gasteiger charge is -1.96. The van der Waals surface area contributed by atoms with E-state index in [1.807, 2.05) is 20.0 Å². The predicted molar refractivity (Wildman–Crippen MR) is 67.4 cm³/mol. The molecule has 0 bridgehead atoms. The Labute approximate surface area is 111 Å². The maximum absolute atomic E-state index is 5.18. The van der Waals surface area contributed by atoms with Crippen LogP contribution in [0.3, 0.4) is 0 Å². The highest BCUT2D eigenvalue weighted by atomic mass is 16.5. The Morgan fingerprint density at radius 1 is 1.47 bits per heavy atom. The first kappa shape index (κ1) is 12.3. The summed E-state index contributed by atoms with van der Waals surface area (Å²) in [5.74, 6) is 1.56. The summed E-state index contributed by atoms with van der Waals surface area (Å²) >= 11 is 0. The van der Waals surface area contributed by atoms with Crippen LogP contribution in [0.1, 0.15) is 50.0 Å². The lowest BCUT2D eigenvalue weighted by molar-refractivity contribution is 0.358. The molecule has 1 fully saturated rings. The second kappa shape index (κ2) is 5.08. The van der Waals surface area contributed by atoms with E-state index in [9.17, 15) is 0 Å². The van der Waals surface area contributed by atoms with Crippen molar-refractivity contribution in [3.8, 4) is 0 Å². The predicted octanol–water partition coefficient (Wildman–Crippen LogP) is 1.08. The molecule has 19 heavy (non-hydrogen) atoms. The summed E-state index contributed by atoms with van der Waals surface area (Å²) in [6, 6.07) is 0.676. The summed E-state index contributed by atoms with van der Waals surface area (Å²) in [7, 11) is 0. The normalized spacial score (nSPS) is 15.3. The lowest BCUT2D eigenvalue weighted by atomic mass is 10.2. The maximum atomic E-state index is 5.18. The smallest absolute Gasteiger partial charge is 0.248 e. The minimum absolute atomic E-state index is 0.270. The van der Waals surface area contributed by atoms with Crippen molar-refractivity contribution in [2.75, 3.05) is 0 Å². The van der Waals surface area contributed by atoms with Gasteiger partial charge in [0.1, 0.15) is 6.54 Å². The first-order valence-corrected chi connectivity index (χ1v) is 6.65. The Morgan fingerprint density at radius 2 is 2.32 bits per heavy atom. The van der Waals surface area contributed by atoms with E-state index in [1.165, 1.54) is 12.8 Å². The summed E-state index contributed by atoms with van der Waals surface area (Å²) in [6.45, 7) is 5.30. The molecule has 0 aromatic carbocycles. The van der Waals surface area contributed by atoms with E-state index < -0.39 is 0 Å². The Hall–Kier alpha value is -1.76. The first-order valence-electron chi connectivity index (χ1n) is 6.65. The number of hydrogen-bond acceptors (Lipinski definition) is 6. The van der Waals surface area contributed by atoms with Crippen LogP contribution in [0.25, 0.3) is 0 Å². The molecule has 102 valence electrons. The van der Waals surface area contributed by atoms with Gasteiger partial charge >= 0.3 is 0 Å². The van der Waals surface area contributed by atoms with E-state index in [-0.39, 0.29) is 5.92 Å². The molecule has 1 saturated carbocycles. The van der Waals surface area contributed by atoms with Gasteiger partial charge in [-0.25, -0.2) is 4.68 Å². The van der Waals surface area contributed by atoms with Gasteiger partial charge in [-0.05, 0) is 12.8 Å². The summed E-state index contributed by atoms with van der Waals surface area (Å²) in [5, 5.41) is 15.5. The molecule has 7 heteroatoms. The maximum Gasteiger partial charge on any atom is 0.248 e. The molecule has 0 unspecified atom stereocenters. The first-order chi connectivity index (χ1) is 9.20. The Kier molecular flexibility index (Phi) is 3.29. The van der Waals surface area contributed by atoms with E-state index >= 15 is 0 Å². The van der Waals surface area contributed by atoms with Crippen LogP contribution in [0.15, 0.2) is 10.7 Å². The van der Waals surface area contributed by atoms with E-state index in [1.54, 1.807) is 4.68 Å². The van der Waals surface area contributed by atoms with Crippen LogP contribution in [0, 0.1) is 0 Å². The Bertz CT molecular complexity index is 542. The van der Waals surface area contributed by atoms with Crippen molar-refractivity contribution in [2.24, 2.45) is 0 Å². The largest absolute Gasteiger partial charge is 0.337 e. The summed E-state index contributed by atoms with van der Waals surface area (Å²) < 4.78 is 6.91. The van der Waals surface area contributed by atoms with Gasteiger partial charge in [0.05, 0.1) is 11.9 Å². The zero-order chi connectivity index (χ0) is 13.2. The second-order valence-corrected chi connectivity index (χ2v) is 5.26. The Morgan fingerprint density at radius 3 is 3.00 bits per heavy atom. The molecule has 0 spiro atoms. The molecule has 1 aliphatic carbocycles. The monoisotopic (exact) mass is 262 g/mol. The topological polar surface area (TPSA) is 81.7 Å². The highest BCUT2D eigenvalue weighted by Gasteiger charge is 2.20. The van der Waals surface area contributed by atoms with Gasteiger partial charge in [0, 0.05) is 18.5 Å². The number of rotatable bonds is 6. The highest BCUT2D eigenvalue weighted by molar-refractivity contribution is 4.96. The molecule has 2 heterocycles. The van der Waals surface area contributed by atoms with E-state index in [4.69, 9.17) is 4.52 Å². The molecule has 1 N–H and O–H groups in total. The van der Waals surface area contributed by atoms with Crippen molar-refractivity contribution in [3.05, 3.63) is 23.6 Å². The van der Waals surface area contributed by atoms with E-state index in [2.05, 4.69) is 25.8 Å². The van der Waals surface area contributed by atoms with Crippen LogP contribution in [-0.2, 0) is 13.1 Å². The lowest BCUT2D eigenvalue weighted by Crippen LogP contribution is -2.15. The van der Waals surface area contributed by atoms with E-state index in [0.717, 1.165) is 18.1 Å². The van der Waals surface area contributed by atoms with Crippen molar-refractivity contribution < 1.29 is 4.52 Å². The van der Waals surface area contributed by atoms with Gasteiger partial charge in [-0.2, -0.15) is 4.98 Å². The minimum atomic E-state index is 0.270. The van der Waals surface area contributed by atoms with Crippen LogP contribution < -0.4 is 5.32 Å². The summed E-state index contributed by atoms with van der Waals surface area (Å²) in [6.07, 6.45) is 4.46. The van der Waals surface area contributed by atoms with Crippen molar-refractivity contribution in [2.45, 2.75) is 51.7 Å². The molecular weight excluding hydrogens is 244 g/mol. The number of nitrogens with zero attached hydrogens (tertiary/aromatic N) is 5. The Balaban J connectivity index is 1.58. The van der Waals surface area contributed by atoms with Gasteiger partial charge in [0.15, 0.2) is 5.82 Å². The van der Waals surface area contributed by atoms with Gasteiger partial charge in [-0.15, -0.1) is 5.10 Å². The quantitative estimate of drug-likeness (QED) is 0.839. The minimum Gasteiger partial charge on any atom is -0.337 e. The molecule has 0 atom stereocenters. The molecular formula is C12H18N6O. The van der Waals surface area contributed by atoms with Gasteiger partial charge in [-0.1, -0.05) is 24.2 Å². The third-order valence-corrected chi connectivity index (χ3v) is 3.03. The zero-order valence-electron chi connectivity index (χ0n) is 11.2. The third kappa shape index (κ3) is 3.17. The average molecular weight is 262 g/mol. The van der Waals surface area contributed by atoms with Crippen molar-refractivity contribution in [1.29, 1.82) is 0 Å². The van der Waals surface area contributed by atoms with Crippen molar-refractivity contribution in [3.63, 3.8) is 0 Å². The summed E-state index contributed by atoms with van der Waals surface area (Å²) in [4.78, 5) is 4.32. The van der Waals surface area contributed by atoms with Crippen LogP contribution in [0.2, 0.25) is 0 Å². The molecule has 2 aromatic heterocycles. The number of aromatic nitrogens is 5. The third-order valence-electron chi connectivity index (χ3n) is 3.03. The average Bonchev–Trinajstić information content (AvgIpc) is 2.91. The molecule has 7 nitrogen and oxygen atoms in total. The number of hydrogen-bond donors (Lipinski definition) is 1. The molecule has 0 radical (unpaired) electrons. The fourth-order valence-electron chi connectivity index (χ4n) is 1.74. The van der Waals surface area contributed by atoms with Crippen LogP contribution >= 0.6 is 0 Å². The second-order valence-electron chi connectivity index (χ2n) is 5.26. The molecule has 2 aromatic rings. The summed E-state index contributed by atoms with van der Waals surface area (Å²) in [5.41, 5.74) is 0.940. The standard InChI is InChI=1S/C12H18N6O/c1-8(2)12-14-11(19-16-12)7-18-6-10(15-17-18)5-13-9-3-4-9/h6,8-9,13H,3-5,7H2,1-2H3. The van der Waals surface area contributed by atoms with Gasteiger partial charge in [-0.3, -0.25) is 0 Å². The molecule has 0 aliphatic heterocycles. The molecule has 3 rings (SSSR count). The number of nitrogens with one attached hydrogen (secondary N) is 1. The van der Waals surface area contributed by atoms with Gasteiger partial charge in [0.25, 0.3) is 0 Å². The van der Waals surface area contributed by atoms with Gasteiger partial charge in [0.2, 0.25) is 5.89 Å². The SMILES string of the molecule is CC(C)c1noc(Cn2cc(CNC3CC3)nn2)n1. The molecule has 0 amide bonds. The van der Waals surface area contributed by atoms with Crippen LogP contribution in [0.5, 0.6) is 0 Å². The molecule has 0 saturated heterocycles. The van der Waals surface area contributed by atoms with Crippen molar-refractivity contribution in [1.82, 2.24) is 30.5 Å². The fraction of sp³-hybridized carbons (Fsp3) is 0.667. The zero-order valence-corrected chi connectivity index (χ0v) is 11.2. The fourth-order valence-corrected chi connectivity index (χ4v) is 1.74. The van der Waals surface area contributed by atoms with Gasteiger partial charge < -0.3 is 9.84 Å². The van der Waals surface area contributed by atoms with Crippen molar-refractivity contribution >= 4 is 0 Å². The van der Waals surface area contributed by atoms with Crippen LogP contribution in [0.4, 0.5) is 0 Å². The molecule has 1 aliphatic rings. The highest BCUT2D eigenvalue weighted by Crippen LogP contribution is 2.18. The van der Waals surface area contributed by atoms with Crippen LogP contribution in [-0.4, -0.2) is 31.2 Å².